The Hall–Kier alpha value is -2.17. The van der Waals surface area contributed by atoms with Crippen LogP contribution in [0.15, 0.2) is 24.3 Å². The summed E-state index contributed by atoms with van der Waals surface area (Å²) in [6, 6.07) is 5.57. The van der Waals surface area contributed by atoms with Crippen LogP contribution in [0.4, 0.5) is 4.39 Å². The van der Waals surface area contributed by atoms with Crippen molar-refractivity contribution in [3.05, 3.63) is 35.8 Å². The van der Waals surface area contributed by atoms with Crippen molar-refractivity contribution in [1.82, 2.24) is 4.98 Å². The van der Waals surface area contributed by atoms with Crippen LogP contribution < -0.4 is 0 Å². The molecule has 4 nitrogen and oxygen atoms in total. The zero-order valence-electron chi connectivity index (χ0n) is 9.12. The summed E-state index contributed by atoms with van der Waals surface area (Å²) < 4.78 is 17.5. The van der Waals surface area contributed by atoms with Crippen LogP contribution in [-0.2, 0) is 9.53 Å². The second kappa shape index (κ2) is 4.37. The molecule has 0 fully saturated rings. The number of Topliss-reactive ketones (excluding diaryl/α,β-unsaturated/α-hetero) is 1. The number of H-pyrrole nitrogens is 1. The van der Waals surface area contributed by atoms with Crippen molar-refractivity contribution in [1.29, 1.82) is 0 Å². The Bertz CT molecular complexity index is 588. The van der Waals surface area contributed by atoms with Crippen molar-refractivity contribution >= 4 is 22.7 Å². The van der Waals surface area contributed by atoms with Gasteiger partial charge in [-0.2, -0.15) is 0 Å². The average molecular weight is 235 g/mol. The third-order valence-corrected chi connectivity index (χ3v) is 2.29. The van der Waals surface area contributed by atoms with E-state index in [1.54, 1.807) is 6.92 Å². The first-order valence-electron chi connectivity index (χ1n) is 5.11. The molecule has 0 amide bonds. The van der Waals surface area contributed by atoms with Crippen LogP contribution in [-0.4, -0.2) is 23.3 Å². The molecule has 0 atom stereocenters. The molecule has 2 rings (SSSR count). The van der Waals surface area contributed by atoms with Gasteiger partial charge >= 0.3 is 5.97 Å². The minimum Gasteiger partial charge on any atom is -0.460 e. The highest BCUT2D eigenvalue weighted by Crippen LogP contribution is 2.17. The number of halogens is 1. The molecule has 0 saturated heterocycles. The minimum atomic E-state index is -0.917. The van der Waals surface area contributed by atoms with Crippen molar-refractivity contribution in [3.63, 3.8) is 0 Å². The van der Waals surface area contributed by atoms with E-state index in [1.807, 2.05) is 0 Å². The van der Waals surface area contributed by atoms with E-state index in [0.29, 0.717) is 10.9 Å². The molecule has 5 heteroatoms. The largest absolute Gasteiger partial charge is 0.460 e. The van der Waals surface area contributed by atoms with Gasteiger partial charge in [0.15, 0.2) is 0 Å². The number of hydrogen-bond donors (Lipinski definition) is 1. The molecule has 1 aromatic heterocycles. The first kappa shape index (κ1) is 11.3. The van der Waals surface area contributed by atoms with Crippen LogP contribution in [0, 0.1) is 5.82 Å². The quantitative estimate of drug-likeness (QED) is 0.503. The first-order valence-corrected chi connectivity index (χ1v) is 5.11. The summed E-state index contributed by atoms with van der Waals surface area (Å²) >= 11 is 0. The zero-order valence-corrected chi connectivity index (χ0v) is 9.12. The third-order valence-electron chi connectivity index (χ3n) is 2.29. The van der Waals surface area contributed by atoms with Crippen LogP contribution in [0.25, 0.3) is 10.9 Å². The van der Waals surface area contributed by atoms with Crippen molar-refractivity contribution in [2.24, 2.45) is 0 Å². The number of carbonyl (C=O) groups is 2. The predicted octanol–water partition coefficient (Wildman–Crippen LogP) is 2.05. The van der Waals surface area contributed by atoms with Gasteiger partial charge in [0, 0.05) is 10.9 Å². The Balaban J connectivity index is 2.36. The summed E-state index contributed by atoms with van der Waals surface area (Å²) in [7, 11) is 0. The number of benzene rings is 1. The van der Waals surface area contributed by atoms with Gasteiger partial charge in [-0.15, -0.1) is 0 Å². The van der Waals surface area contributed by atoms with E-state index in [0.717, 1.165) is 0 Å². The molecule has 1 heterocycles. The van der Waals surface area contributed by atoms with E-state index in [-0.39, 0.29) is 12.3 Å². The molecular weight excluding hydrogens is 225 g/mol. The molecule has 0 spiro atoms. The zero-order chi connectivity index (χ0) is 12.4. The van der Waals surface area contributed by atoms with Gasteiger partial charge in [0.1, 0.15) is 5.82 Å². The second-order valence-electron chi connectivity index (χ2n) is 3.46. The normalized spacial score (nSPS) is 10.5. The second-order valence-corrected chi connectivity index (χ2v) is 3.46. The summed E-state index contributed by atoms with van der Waals surface area (Å²) in [6.07, 6.45) is 0. The Morgan fingerprint density at radius 1 is 1.35 bits per heavy atom. The maximum atomic E-state index is 12.9. The van der Waals surface area contributed by atoms with Gasteiger partial charge in [-0.1, -0.05) is 0 Å². The number of fused-ring (bicyclic) bond motifs is 1. The van der Waals surface area contributed by atoms with Gasteiger partial charge in [-0.3, -0.25) is 4.79 Å². The molecule has 17 heavy (non-hydrogen) atoms. The van der Waals surface area contributed by atoms with E-state index in [9.17, 15) is 14.0 Å². The van der Waals surface area contributed by atoms with Gasteiger partial charge in [0.2, 0.25) is 0 Å². The van der Waals surface area contributed by atoms with Crippen LogP contribution >= 0.6 is 0 Å². The molecule has 0 unspecified atom stereocenters. The Labute approximate surface area is 96.4 Å². The molecule has 0 aliphatic carbocycles. The number of aromatic amines is 1. The van der Waals surface area contributed by atoms with Crippen molar-refractivity contribution in [3.8, 4) is 0 Å². The summed E-state index contributed by atoms with van der Waals surface area (Å²) in [5.41, 5.74) is 0.571. The van der Waals surface area contributed by atoms with Gasteiger partial charge in [0.05, 0.1) is 12.3 Å². The highest BCUT2D eigenvalue weighted by molar-refractivity contribution is 6.40. The maximum absolute atomic E-state index is 12.9. The molecule has 0 saturated carbocycles. The molecule has 0 radical (unpaired) electrons. The molecular formula is C12H10FNO3. The van der Waals surface area contributed by atoms with Crippen LogP contribution in [0.5, 0.6) is 0 Å². The molecule has 0 aliphatic heterocycles. The highest BCUT2D eigenvalue weighted by Gasteiger charge is 2.19. The number of esters is 1. The first-order chi connectivity index (χ1) is 8.11. The fraction of sp³-hybridized carbons (Fsp3) is 0.167. The van der Waals surface area contributed by atoms with Gasteiger partial charge in [0.25, 0.3) is 5.78 Å². The molecule has 1 N–H and O–H groups in total. The molecule has 1 aromatic carbocycles. The molecule has 0 bridgehead atoms. The number of nitrogens with one attached hydrogen (secondary N) is 1. The number of hydrogen-bond acceptors (Lipinski definition) is 3. The Kier molecular flexibility index (Phi) is 2.91. The van der Waals surface area contributed by atoms with Crippen molar-refractivity contribution in [2.75, 3.05) is 6.61 Å². The Morgan fingerprint density at radius 3 is 2.82 bits per heavy atom. The summed E-state index contributed by atoms with van der Waals surface area (Å²) in [5.74, 6) is -2.09. The number of aromatic nitrogens is 1. The van der Waals surface area contributed by atoms with Crippen LogP contribution in [0.1, 0.15) is 17.4 Å². The van der Waals surface area contributed by atoms with E-state index in [2.05, 4.69) is 9.72 Å². The Morgan fingerprint density at radius 2 is 2.12 bits per heavy atom. The van der Waals surface area contributed by atoms with Gasteiger partial charge in [-0.25, -0.2) is 9.18 Å². The fourth-order valence-electron chi connectivity index (χ4n) is 1.53. The predicted molar refractivity (Wildman–Crippen MR) is 59.2 cm³/mol. The number of rotatable bonds is 3. The summed E-state index contributed by atoms with van der Waals surface area (Å²) in [5, 5.41) is 0.666. The van der Waals surface area contributed by atoms with E-state index in [1.165, 1.54) is 24.3 Å². The monoisotopic (exact) mass is 235 g/mol. The van der Waals surface area contributed by atoms with Crippen LogP contribution in [0.2, 0.25) is 0 Å². The molecule has 88 valence electrons. The fourth-order valence-corrected chi connectivity index (χ4v) is 1.53. The number of ketones is 1. The van der Waals surface area contributed by atoms with Crippen molar-refractivity contribution < 1.29 is 18.7 Å². The smallest absolute Gasteiger partial charge is 0.381 e. The molecule has 2 aromatic rings. The van der Waals surface area contributed by atoms with E-state index >= 15 is 0 Å². The van der Waals surface area contributed by atoms with E-state index < -0.39 is 17.6 Å². The lowest BCUT2D eigenvalue weighted by atomic mass is 10.2. The lowest BCUT2D eigenvalue weighted by Crippen LogP contribution is -2.17. The number of carbonyl (C=O) groups excluding carboxylic acids is 2. The lowest BCUT2D eigenvalue weighted by molar-refractivity contribution is -0.137. The average Bonchev–Trinajstić information content (AvgIpc) is 2.71. The SMILES string of the molecule is CCOC(=O)C(=O)c1cc2ccc(F)cc2[nH]1. The van der Waals surface area contributed by atoms with Crippen molar-refractivity contribution in [2.45, 2.75) is 6.92 Å². The number of ether oxygens (including phenoxy) is 1. The topological polar surface area (TPSA) is 59.2 Å². The van der Waals surface area contributed by atoms with Gasteiger partial charge < -0.3 is 9.72 Å². The van der Waals surface area contributed by atoms with Gasteiger partial charge in [-0.05, 0) is 31.2 Å². The standard InChI is InChI=1S/C12H10FNO3/c1-2-17-12(16)11(15)10-5-7-3-4-8(13)6-9(7)14-10/h3-6,14H,2H2,1H3. The summed E-state index contributed by atoms with van der Waals surface area (Å²) in [4.78, 5) is 25.5. The highest BCUT2D eigenvalue weighted by atomic mass is 19.1. The minimum absolute atomic E-state index is 0.101. The van der Waals surface area contributed by atoms with Crippen LogP contribution in [0.3, 0.4) is 0 Å². The molecule has 0 aliphatic rings. The lowest BCUT2D eigenvalue weighted by Gasteiger charge is -1.97. The third kappa shape index (κ3) is 2.18. The summed E-state index contributed by atoms with van der Waals surface area (Å²) in [6.45, 7) is 1.76. The van der Waals surface area contributed by atoms with E-state index in [4.69, 9.17) is 0 Å². The maximum Gasteiger partial charge on any atom is 0.381 e.